The number of hydrogen-bond acceptors (Lipinski definition) is 6. The normalized spacial score (nSPS) is 17.4. The minimum absolute atomic E-state index is 0.0396. The van der Waals surface area contributed by atoms with Crippen molar-refractivity contribution in [1.82, 2.24) is 15.2 Å². The number of oxime groups is 1. The van der Waals surface area contributed by atoms with E-state index >= 15 is 0 Å². The Labute approximate surface area is 197 Å². The number of rotatable bonds is 7. The van der Waals surface area contributed by atoms with Gasteiger partial charge in [-0.1, -0.05) is 53.7 Å². The number of likely N-dealkylation sites (tertiary alicyclic amines) is 1. The van der Waals surface area contributed by atoms with Crippen molar-refractivity contribution in [2.24, 2.45) is 5.16 Å². The standard InChI is InChI=1S/C26H26N4O4/c1-34-29-22-14-23(25(32)28-16-24(31)19-6-3-2-4-7-19)30(17-22)26(33)20-11-9-18(10-12-20)21-8-5-13-27-15-21/h2-13,15,23-24,31H,14,16-17H2,1H3,(H,28,32)/t23-,24-/m0/s1. The highest BCUT2D eigenvalue weighted by atomic mass is 16.6. The molecule has 4 rings (SSSR count). The summed E-state index contributed by atoms with van der Waals surface area (Å²) in [5.41, 5.74) is 3.67. The highest BCUT2D eigenvalue weighted by Gasteiger charge is 2.38. The van der Waals surface area contributed by atoms with Gasteiger partial charge >= 0.3 is 0 Å². The number of aliphatic hydroxyl groups excluding tert-OH is 1. The summed E-state index contributed by atoms with van der Waals surface area (Å²) in [4.78, 5) is 36.8. The summed E-state index contributed by atoms with van der Waals surface area (Å²) in [7, 11) is 1.43. The fourth-order valence-corrected chi connectivity index (χ4v) is 3.96. The molecule has 2 atom stereocenters. The van der Waals surface area contributed by atoms with Crippen molar-refractivity contribution in [2.75, 3.05) is 20.2 Å². The van der Waals surface area contributed by atoms with E-state index in [0.717, 1.165) is 11.1 Å². The van der Waals surface area contributed by atoms with E-state index in [2.05, 4.69) is 15.5 Å². The van der Waals surface area contributed by atoms with Gasteiger partial charge in [0, 0.05) is 30.9 Å². The maximum Gasteiger partial charge on any atom is 0.254 e. The number of hydrogen-bond donors (Lipinski definition) is 2. The smallest absolute Gasteiger partial charge is 0.254 e. The van der Waals surface area contributed by atoms with Crippen molar-refractivity contribution in [3.8, 4) is 11.1 Å². The molecule has 34 heavy (non-hydrogen) atoms. The minimum Gasteiger partial charge on any atom is -0.399 e. The minimum atomic E-state index is -0.845. The molecular weight excluding hydrogens is 432 g/mol. The molecule has 0 spiro atoms. The number of carbonyl (C=O) groups is 2. The molecule has 0 aliphatic carbocycles. The Morgan fingerprint density at radius 2 is 1.88 bits per heavy atom. The molecule has 2 N–H and O–H groups in total. The Morgan fingerprint density at radius 3 is 2.56 bits per heavy atom. The van der Waals surface area contributed by atoms with Crippen LogP contribution in [0.3, 0.4) is 0 Å². The first kappa shape index (κ1) is 23.1. The maximum absolute atomic E-state index is 13.3. The van der Waals surface area contributed by atoms with Crippen LogP contribution in [0.1, 0.15) is 28.4 Å². The lowest BCUT2D eigenvalue weighted by atomic mass is 10.0. The predicted octanol–water partition coefficient (Wildman–Crippen LogP) is 2.82. The molecule has 0 bridgehead atoms. The molecule has 0 unspecified atom stereocenters. The van der Waals surface area contributed by atoms with E-state index in [-0.39, 0.29) is 31.3 Å². The zero-order valence-electron chi connectivity index (χ0n) is 18.8. The number of carbonyl (C=O) groups excluding carboxylic acids is 2. The van der Waals surface area contributed by atoms with Crippen LogP contribution in [0.15, 0.2) is 84.3 Å². The van der Waals surface area contributed by atoms with Gasteiger partial charge in [0.1, 0.15) is 13.2 Å². The average Bonchev–Trinajstić information content (AvgIpc) is 3.32. The fourth-order valence-electron chi connectivity index (χ4n) is 3.96. The van der Waals surface area contributed by atoms with Crippen molar-refractivity contribution in [3.63, 3.8) is 0 Å². The first-order valence-corrected chi connectivity index (χ1v) is 11.0. The van der Waals surface area contributed by atoms with E-state index in [1.165, 1.54) is 12.0 Å². The third-order valence-corrected chi connectivity index (χ3v) is 5.72. The van der Waals surface area contributed by atoms with Gasteiger partial charge in [-0.3, -0.25) is 14.6 Å². The van der Waals surface area contributed by atoms with Crippen LogP contribution in [0.2, 0.25) is 0 Å². The van der Waals surface area contributed by atoms with Crippen LogP contribution in [0.25, 0.3) is 11.1 Å². The van der Waals surface area contributed by atoms with Gasteiger partial charge in [-0.15, -0.1) is 0 Å². The van der Waals surface area contributed by atoms with Gasteiger partial charge < -0.3 is 20.2 Å². The molecule has 8 nitrogen and oxygen atoms in total. The molecule has 1 aromatic heterocycles. The molecule has 2 amide bonds. The van der Waals surface area contributed by atoms with Crippen molar-refractivity contribution in [1.29, 1.82) is 0 Å². The van der Waals surface area contributed by atoms with Crippen LogP contribution in [-0.2, 0) is 9.63 Å². The van der Waals surface area contributed by atoms with Crippen molar-refractivity contribution in [3.05, 3.63) is 90.3 Å². The first-order valence-electron chi connectivity index (χ1n) is 11.0. The Bertz CT molecular complexity index is 1150. The lowest BCUT2D eigenvalue weighted by Crippen LogP contribution is -2.46. The van der Waals surface area contributed by atoms with Crippen molar-refractivity contribution >= 4 is 17.5 Å². The maximum atomic E-state index is 13.3. The van der Waals surface area contributed by atoms with E-state index in [4.69, 9.17) is 4.84 Å². The lowest BCUT2D eigenvalue weighted by Gasteiger charge is -2.24. The lowest BCUT2D eigenvalue weighted by molar-refractivity contribution is -0.125. The number of aliphatic hydroxyl groups is 1. The van der Waals surface area contributed by atoms with Gasteiger partial charge in [-0.25, -0.2) is 0 Å². The topological polar surface area (TPSA) is 104 Å². The van der Waals surface area contributed by atoms with Crippen LogP contribution in [-0.4, -0.2) is 58.8 Å². The number of nitrogens with zero attached hydrogens (tertiary/aromatic N) is 3. The van der Waals surface area contributed by atoms with Gasteiger partial charge in [-0.2, -0.15) is 0 Å². The number of benzene rings is 2. The van der Waals surface area contributed by atoms with E-state index < -0.39 is 12.1 Å². The zero-order valence-corrected chi connectivity index (χ0v) is 18.8. The van der Waals surface area contributed by atoms with E-state index in [9.17, 15) is 14.7 Å². The van der Waals surface area contributed by atoms with Crippen LogP contribution in [0.4, 0.5) is 0 Å². The molecule has 3 aromatic rings. The second-order valence-electron chi connectivity index (χ2n) is 7.98. The molecule has 1 saturated heterocycles. The van der Waals surface area contributed by atoms with E-state index in [1.807, 2.05) is 42.5 Å². The molecule has 174 valence electrons. The molecule has 2 heterocycles. The first-order chi connectivity index (χ1) is 16.6. The van der Waals surface area contributed by atoms with Crippen molar-refractivity contribution < 1.29 is 19.5 Å². The average molecular weight is 459 g/mol. The van der Waals surface area contributed by atoms with Gasteiger partial charge in [-0.05, 0) is 34.9 Å². The molecule has 1 aliphatic rings. The molecule has 0 radical (unpaired) electrons. The Hall–Kier alpha value is -4.04. The quantitative estimate of drug-likeness (QED) is 0.530. The largest absolute Gasteiger partial charge is 0.399 e. The van der Waals surface area contributed by atoms with Crippen LogP contribution < -0.4 is 5.32 Å². The molecule has 0 saturated carbocycles. The summed E-state index contributed by atoms with van der Waals surface area (Å²) in [6, 6.07) is 19.3. The van der Waals surface area contributed by atoms with Gasteiger partial charge in [0.2, 0.25) is 5.91 Å². The molecule has 8 heteroatoms. The number of pyridine rings is 1. The SMILES string of the molecule is CON=C1C[C@@H](C(=O)NC[C@H](O)c2ccccc2)N(C(=O)c2ccc(-c3cccnc3)cc2)C1. The Morgan fingerprint density at radius 1 is 1.12 bits per heavy atom. The predicted molar refractivity (Wildman–Crippen MR) is 128 cm³/mol. The third kappa shape index (κ3) is 5.29. The highest BCUT2D eigenvalue weighted by molar-refractivity contribution is 6.05. The van der Waals surface area contributed by atoms with Crippen molar-refractivity contribution in [2.45, 2.75) is 18.6 Å². The van der Waals surface area contributed by atoms with E-state index in [1.54, 1.807) is 36.7 Å². The monoisotopic (exact) mass is 458 g/mol. The number of nitrogens with one attached hydrogen (secondary N) is 1. The molecule has 2 aromatic carbocycles. The fraction of sp³-hybridized carbons (Fsp3) is 0.231. The summed E-state index contributed by atoms with van der Waals surface area (Å²) in [6.45, 7) is 0.230. The summed E-state index contributed by atoms with van der Waals surface area (Å²) in [5.74, 6) is -0.626. The summed E-state index contributed by atoms with van der Waals surface area (Å²) < 4.78 is 0. The summed E-state index contributed by atoms with van der Waals surface area (Å²) >= 11 is 0. The molecule has 1 fully saturated rings. The summed E-state index contributed by atoms with van der Waals surface area (Å²) in [6.07, 6.45) is 2.89. The molecular formula is C26H26N4O4. The third-order valence-electron chi connectivity index (χ3n) is 5.72. The zero-order chi connectivity index (χ0) is 23.9. The number of amides is 2. The van der Waals surface area contributed by atoms with Gasteiger partial charge in [0.15, 0.2) is 0 Å². The Balaban J connectivity index is 1.47. The van der Waals surface area contributed by atoms with Crippen LogP contribution in [0, 0.1) is 0 Å². The number of aromatic nitrogens is 1. The summed E-state index contributed by atoms with van der Waals surface area (Å²) in [5, 5.41) is 17.1. The van der Waals surface area contributed by atoms with Crippen LogP contribution in [0.5, 0.6) is 0 Å². The highest BCUT2D eigenvalue weighted by Crippen LogP contribution is 2.23. The van der Waals surface area contributed by atoms with Gasteiger partial charge in [0.05, 0.1) is 18.4 Å². The van der Waals surface area contributed by atoms with Crippen LogP contribution >= 0.6 is 0 Å². The van der Waals surface area contributed by atoms with E-state index in [0.29, 0.717) is 16.8 Å². The van der Waals surface area contributed by atoms with Gasteiger partial charge in [0.25, 0.3) is 5.91 Å². The second-order valence-corrected chi connectivity index (χ2v) is 7.98. The second kappa shape index (κ2) is 10.7. The molecule has 1 aliphatic heterocycles. The Kier molecular flexibility index (Phi) is 7.29.